The minimum absolute atomic E-state index is 0.157. The number of rotatable bonds is 5. The van der Waals surface area contributed by atoms with Crippen LogP contribution < -0.4 is 19.5 Å². The van der Waals surface area contributed by atoms with Gasteiger partial charge in [-0.1, -0.05) is 6.92 Å². The van der Waals surface area contributed by atoms with Crippen molar-refractivity contribution in [1.29, 1.82) is 0 Å². The fourth-order valence-electron chi connectivity index (χ4n) is 3.05. The number of fused-ring (bicyclic) bond motifs is 2. The molecule has 7 nitrogen and oxygen atoms in total. The van der Waals surface area contributed by atoms with E-state index in [0.717, 1.165) is 17.5 Å². The molecule has 0 aliphatic carbocycles. The maximum atomic E-state index is 13.0. The third-order valence-electron chi connectivity index (χ3n) is 4.71. The second-order valence-corrected chi connectivity index (χ2v) is 6.96. The standard InChI is InChI=1S/C22H23N3O4/c1-4-7-29-22-20(24-16-10-13(2)14(3)11-17(16)25-22)21(26)23-15-5-6-18-19(12-15)28-9-8-27-18/h5-6,10-12H,4,7-9H2,1-3H3,(H,23,26). The van der Waals surface area contributed by atoms with Gasteiger partial charge in [0.25, 0.3) is 5.91 Å². The van der Waals surface area contributed by atoms with E-state index in [1.165, 1.54) is 0 Å². The lowest BCUT2D eigenvalue weighted by atomic mass is 10.1. The summed E-state index contributed by atoms with van der Waals surface area (Å²) in [6, 6.07) is 9.17. The molecular weight excluding hydrogens is 370 g/mol. The molecule has 2 heterocycles. The number of ether oxygens (including phenoxy) is 3. The maximum Gasteiger partial charge on any atom is 0.279 e. The van der Waals surface area contributed by atoms with Gasteiger partial charge in [-0.2, -0.15) is 0 Å². The Labute approximate surface area is 169 Å². The van der Waals surface area contributed by atoms with Crippen LogP contribution in [0.15, 0.2) is 30.3 Å². The van der Waals surface area contributed by atoms with E-state index in [9.17, 15) is 4.79 Å². The minimum Gasteiger partial charge on any atom is -0.486 e. The molecule has 150 valence electrons. The Morgan fingerprint density at radius 1 is 1.03 bits per heavy atom. The predicted octanol–water partition coefficient (Wildman–Crippen LogP) is 4.06. The average Bonchev–Trinajstić information content (AvgIpc) is 2.72. The summed E-state index contributed by atoms with van der Waals surface area (Å²) in [5, 5.41) is 2.86. The van der Waals surface area contributed by atoms with Crippen LogP contribution in [0.4, 0.5) is 5.69 Å². The van der Waals surface area contributed by atoms with Crippen LogP contribution in [0.2, 0.25) is 0 Å². The topological polar surface area (TPSA) is 82.6 Å². The Kier molecular flexibility index (Phi) is 5.20. The number of aryl methyl sites for hydroxylation is 2. The highest BCUT2D eigenvalue weighted by Gasteiger charge is 2.20. The van der Waals surface area contributed by atoms with Crippen LogP contribution in [0.5, 0.6) is 17.4 Å². The third kappa shape index (κ3) is 3.94. The van der Waals surface area contributed by atoms with Gasteiger partial charge in [0.2, 0.25) is 5.88 Å². The Morgan fingerprint density at radius 3 is 2.45 bits per heavy atom. The van der Waals surface area contributed by atoms with Crippen molar-refractivity contribution in [3.63, 3.8) is 0 Å². The van der Waals surface area contributed by atoms with Crippen molar-refractivity contribution < 1.29 is 19.0 Å². The van der Waals surface area contributed by atoms with Crippen LogP contribution in [0.1, 0.15) is 35.0 Å². The molecule has 3 aromatic rings. The first-order valence-corrected chi connectivity index (χ1v) is 9.68. The molecule has 0 saturated heterocycles. The monoisotopic (exact) mass is 393 g/mol. The lowest BCUT2D eigenvalue weighted by molar-refractivity contribution is 0.101. The fraction of sp³-hybridized carbons (Fsp3) is 0.318. The van der Waals surface area contributed by atoms with Gasteiger partial charge in [0.15, 0.2) is 17.2 Å². The molecular formula is C22H23N3O4. The molecule has 0 saturated carbocycles. The van der Waals surface area contributed by atoms with Crippen LogP contribution in [0.3, 0.4) is 0 Å². The Bertz CT molecular complexity index is 1080. The molecule has 1 aromatic heterocycles. The second-order valence-electron chi connectivity index (χ2n) is 6.96. The summed E-state index contributed by atoms with van der Waals surface area (Å²) in [6.07, 6.45) is 0.801. The van der Waals surface area contributed by atoms with E-state index in [1.807, 2.05) is 32.9 Å². The SMILES string of the molecule is CCCOc1nc2cc(C)c(C)cc2nc1C(=O)Nc1ccc2c(c1)OCCO2. The van der Waals surface area contributed by atoms with Crippen molar-refractivity contribution >= 4 is 22.6 Å². The van der Waals surface area contributed by atoms with Gasteiger partial charge in [-0.15, -0.1) is 0 Å². The number of carbonyl (C=O) groups is 1. The second kappa shape index (κ2) is 7.95. The third-order valence-corrected chi connectivity index (χ3v) is 4.71. The fourth-order valence-corrected chi connectivity index (χ4v) is 3.05. The molecule has 0 fully saturated rings. The number of nitrogens with one attached hydrogen (secondary N) is 1. The van der Waals surface area contributed by atoms with E-state index in [-0.39, 0.29) is 17.5 Å². The highest BCUT2D eigenvalue weighted by atomic mass is 16.6. The molecule has 1 N–H and O–H groups in total. The molecule has 0 bridgehead atoms. The first-order chi connectivity index (χ1) is 14.0. The summed E-state index contributed by atoms with van der Waals surface area (Å²) >= 11 is 0. The largest absolute Gasteiger partial charge is 0.486 e. The van der Waals surface area contributed by atoms with Crippen LogP contribution in [-0.4, -0.2) is 35.7 Å². The summed E-state index contributed by atoms with van der Waals surface area (Å²) in [5.74, 6) is 1.11. The van der Waals surface area contributed by atoms with E-state index in [4.69, 9.17) is 14.2 Å². The van der Waals surface area contributed by atoms with Crippen LogP contribution in [0.25, 0.3) is 11.0 Å². The van der Waals surface area contributed by atoms with E-state index in [1.54, 1.807) is 18.2 Å². The van der Waals surface area contributed by atoms with Crippen molar-refractivity contribution in [1.82, 2.24) is 9.97 Å². The number of benzene rings is 2. The van der Waals surface area contributed by atoms with Crippen LogP contribution in [-0.2, 0) is 0 Å². The van der Waals surface area contributed by atoms with Gasteiger partial charge in [-0.3, -0.25) is 4.79 Å². The number of aromatic nitrogens is 2. The normalized spacial score (nSPS) is 12.7. The number of anilines is 1. The first-order valence-electron chi connectivity index (χ1n) is 9.68. The summed E-state index contributed by atoms with van der Waals surface area (Å²) in [6.45, 7) is 7.47. The number of nitrogens with zero attached hydrogens (tertiary/aromatic N) is 2. The molecule has 1 aliphatic heterocycles. The number of amides is 1. The van der Waals surface area contributed by atoms with Gasteiger partial charge >= 0.3 is 0 Å². The van der Waals surface area contributed by atoms with Gasteiger partial charge in [-0.25, -0.2) is 9.97 Å². The average molecular weight is 393 g/mol. The molecule has 2 aromatic carbocycles. The Hall–Kier alpha value is -3.35. The molecule has 0 spiro atoms. The lowest BCUT2D eigenvalue weighted by Crippen LogP contribution is -2.18. The molecule has 4 rings (SSSR count). The van der Waals surface area contributed by atoms with Crippen LogP contribution >= 0.6 is 0 Å². The van der Waals surface area contributed by atoms with E-state index in [2.05, 4.69) is 15.3 Å². The molecule has 0 unspecified atom stereocenters. The van der Waals surface area contributed by atoms with Crippen molar-refractivity contribution in [3.05, 3.63) is 47.2 Å². The number of hydrogen-bond acceptors (Lipinski definition) is 6. The number of carbonyl (C=O) groups excluding carboxylic acids is 1. The summed E-state index contributed by atoms with van der Waals surface area (Å²) in [5.41, 5.74) is 4.31. The van der Waals surface area contributed by atoms with Gasteiger partial charge in [0.05, 0.1) is 17.6 Å². The minimum atomic E-state index is -0.389. The van der Waals surface area contributed by atoms with Gasteiger partial charge in [-0.05, 0) is 55.7 Å². The zero-order valence-corrected chi connectivity index (χ0v) is 16.7. The van der Waals surface area contributed by atoms with Gasteiger partial charge in [0, 0.05) is 11.8 Å². The lowest BCUT2D eigenvalue weighted by Gasteiger charge is -2.19. The van der Waals surface area contributed by atoms with E-state index >= 15 is 0 Å². The molecule has 29 heavy (non-hydrogen) atoms. The van der Waals surface area contributed by atoms with E-state index in [0.29, 0.717) is 48.0 Å². The number of hydrogen-bond donors (Lipinski definition) is 1. The highest BCUT2D eigenvalue weighted by Crippen LogP contribution is 2.33. The summed E-state index contributed by atoms with van der Waals surface area (Å²) in [4.78, 5) is 22.1. The maximum absolute atomic E-state index is 13.0. The zero-order valence-electron chi connectivity index (χ0n) is 16.7. The Morgan fingerprint density at radius 2 is 1.72 bits per heavy atom. The summed E-state index contributed by atoms with van der Waals surface area (Å²) < 4.78 is 16.8. The molecule has 1 aliphatic rings. The predicted molar refractivity (Wildman–Crippen MR) is 110 cm³/mol. The van der Waals surface area contributed by atoms with Crippen molar-refractivity contribution in [2.75, 3.05) is 25.1 Å². The van der Waals surface area contributed by atoms with Crippen molar-refractivity contribution in [2.45, 2.75) is 27.2 Å². The Balaban J connectivity index is 1.68. The van der Waals surface area contributed by atoms with Crippen molar-refractivity contribution in [2.24, 2.45) is 0 Å². The molecule has 1 amide bonds. The molecule has 7 heteroatoms. The smallest absolute Gasteiger partial charge is 0.279 e. The molecule has 0 radical (unpaired) electrons. The molecule has 0 atom stereocenters. The van der Waals surface area contributed by atoms with Gasteiger partial charge in [0.1, 0.15) is 13.2 Å². The summed E-state index contributed by atoms with van der Waals surface area (Å²) in [7, 11) is 0. The van der Waals surface area contributed by atoms with Crippen LogP contribution in [0, 0.1) is 13.8 Å². The zero-order chi connectivity index (χ0) is 20.4. The van der Waals surface area contributed by atoms with Gasteiger partial charge < -0.3 is 19.5 Å². The quantitative estimate of drug-likeness (QED) is 0.704. The first kappa shape index (κ1) is 19.0. The van der Waals surface area contributed by atoms with E-state index < -0.39 is 0 Å². The van der Waals surface area contributed by atoms with Crippen molar-refractivity contribution in [3.8, 4) is 17.4 Å². The highest BCUT2D eigenvalue weighted by molar-refractivity contribution is 6.05.